The number of aromatic nitrogens is 3. The van der Waals surface area contributed by atoms with Crippen molar-refractivity contribution in [1.29, 1.82) is 0 Å². The lowest BCUT2D eigenvalue weighted by Gasteiger charge is -2.11. The van der Waals surface area contributed by atoms with Gasteiger partial charge in [-0.05, 0) is 31.5 Å². The molecule has 0 bridgehead atoms. The first kappa shape index (κ1) is 15.0. The van der Waals surface area contributed by atoms with Gasteiger partial charge in [-0.15, -0.1) is 0 Å². The average Bonchev–Trinajstić information content (AvgIpc) is 3.00. The molecule has 0 fully saturated rings. The molecule has 0 radical (unpaired) electrons. The molecule has 112 valence electrons. The molecule has 0 atom stereocenters. The minimum Gasteiger partial charge on any atom is -0.356 e. The lowest BCUT2D eigenvalue weighted by molar-refractivity contribution is 0.570. The summed E-state index contributed by atoms with van der Waals surface area (Å²) in [5.74, 6) is 0.791. The Bertz CT molecular complexity index is 561. The van der Waals surface area contributed by atoms with Crippen molar-refractivity contribution in [3.05, 3.63) is 48.0 Å². The van der Waals surface area contributed by atoms with Crippen LogP contribution in [-0.2, 0) is 13.1 Å². The summed E-state index contributed by atoms with van der Waals surface area (Å²) in [5.41, 5.74) is 2.03. The maximum atomic E-state index is 4.45. The molecule has 2 aromatic rings. The van der Waals surface area contributed by atoms with Gasteiger partial charge in [0.25, 0.3) is 0 Å². The molecule has 6 heteroatoms. The van der Waals surface area contributed by atoms with Crippen LogP contribution >= 0.6 is 0 Å². The summed E-state index contributed by atoms with van der Waals surface area (Å²) in [5, 5.41) is 10.7. The van der Waals surface area contributed by atoms with Gasteiger partial charge in [-0.25, -0.2) is 0 Å². The largest absolute Gasteiger partial charge is 0.356 e. The van der Waals surface area contributed by atoms with Crippen LogP contribution in [0.5, 0.6) is 0 Å². The van der Waals surface area contributed by atoms with Crippen LogP contribution in [0.15, 0.2) is 41.7 Å². The highest BCUT2D eigenvalue weighted by molar-refractivity contribution is 5.79. The fourth-order valence-electron chi connectivity index (χ4n) is 1.97. The van der Waals surface area contributed by atoms with Crippen LogP contribution < -0.4 is 10.6 Å². The summed E-state index contributed by atoms with van der Waals surface area (Å²) in [6, 6.07) is 7.94. The fourth-order valence-corrected chi connectivity index (χ4v) is 1.97. The second-order valence-corrected chi connectivity index (χ2v) is 4.75. The van der Waals surface area contributed by atoms with E-state index >= 15 is 0 Å². The molecule has 2 heterocycles. The Labute approximate surface area is 125 Å². The van der Waals surface area contributed by atoms with Gasteiger partial charge in [0.15, 0.2) is 5.96 Å². The maximum Gasteiger partial charge on any atom is 0.191 e. The summed E-state index contributed by atoms with van der Waals surface area (Å²) in [7, 11) is 1.77. The zero-order chi connectivity index (χ0) is 14.9. The zero-order valence-corrected chi connectivity index (χ0v) is 12.6. The third kappa shape index (κ3) is 5.25. The number of aryl methyl sites for hydroxylation is 2. The van der Waals surface area contributed by atoms with Crippen molar-refractivity contribution < 1.29 is 0 Å². The van der Waals surface area contributed by atoms with E-state index in [0.717, 1.165) is 36.9 Å². The van der Waals surface area contributed by atoms with Gasteiger partial charge < -0.3 is 10.6 Å². The van der Waals surface area contributed by atoms with Gasteiger partial charge in [-0.3, -0.25) is 14.7 Å². The summed E-state index contributed by atoms with van der Waals surface area (Å²) in [4.78, 5) is 8.66. The van der Waals surface area contributed by atoms with E-state index in [4.69, 9.17) is 0 Å². The number of hydrogen-bond acceptors (Lipinski definition) is 3. The van der Waals surface area contributed by atoms with Crippen molar-refractivity contribution in [2.24, 2.45) is 4.99 Å². The molecule has 21 heavy (non-hydrogen) atoms. The average molecular weight is 286 g/mol. The molecule has 0 aromatic carbocycles. The van der Waals surface area contributed by atoms with E-state index in [2.05, 4.69) is 25.7 Å². The fraction of sp³-hybridized carbons (Fsp3) is 0.400. The van der Waals surface area contributed by atoms with Gasteiger partial charge in [0, 0.05) is 38.2 Å². The van der Waals surface area contributed by atoms with E-state index in [1.807, 2.05) is 42.1 Å². The molecule has 2 aromatic heterocycles. The molecule has 0 saturated heterocycles. The van der Waals surface area contributed by atoms with E-state index in [0.29, 0.717) is 6.54 Å². The Balaban J connectivity index is 1.68. The number of guanidine groups is 1. The third-order valence-electron chi connectivity index (χ3n) is 3.02. The number of hydrogen-bond donors (Lipinski definition) is 2. The first-order chi connectivity index (χ1) is 10.3. The summed E-state index contributed by atoms with van der Waals surface area (Å²) in [6.45, 7) is 4.41. The van der Waals surface area contributed by atoms with Gasteiger partial charge >= 0.3 is 0 Å². The first-order valence-corrected chi connectivity index (χ1v) is 7.12. The quantitative estimate of drug-likeness (QED) is 0.478. The Morgan fingerprint density at radius 1 is 1.29 bits per heavy atom. The summed E-state index contributed by atoms with van der Waals surface area (Å²) in [6.07, 6.45) is 4.75. The molecule has 2 N–H and O–H groups in total. The number of nitrogens with one attached hydrogen (secondary N) is 2. The highest BCUT2D eigenvalue weighted by Gasteiger charge is 1.99. The van der Waals surface area contributed by atoms with Crippen LogP contribution in [0.2, 0.25) is 0 Å². The van der Waals surface area contributed by atoms with E-state index in [9.17, 15) is 0 Å². The van der Waals surface area contributed by atoms with Gasteiger partial charge in [0.2, 0.25) is 0 Å². The molecular weight excluding hydrogens is 264 g/mol. The minimum atomic E-state index is 0.667. The smallest absolute Gasteiger partial charge is 0.191 e. The number of aliphatic imine (C=N–C) groups is 1. The molecule has 0 aliphatic rings. The molecule has 0 aliphatic carbocycles. The lowest BCUT2D eigenvalue weighted by Crippen LogP contribution is -2.37. The second-order valence-electron chi connectivity index (χ2n) is 4.75. The van der Waals surface area contributed by atoms with E-state index < -0.39 is 0 Å². The van der Waals surface area contributed by atoms with Crippen LogP contribution in [0, 0.1) is 6.92 Å². The van der Waals surface area contributed by atoms with Crippen LogP contribution in [0.3, 0.4) is 0 Å². The normalized spacial score (nSPS) is 11.4. The Morgan fingerprint density at radius 2 is 2.19 bits per heavy atom. The van der Waals surface area contributed by atoms with Gasteiger partial charge in [0.1, 0.15) is 0 Å². The van der Waals surface area contributed by atoms with Crippen LogP contribution in [0.25, 0.3) is 0 Å². The highest BCUT2D eigenvalue weighted by atomic mass is 15.3. The maximum absolute atomic E-state index is 4.45. The number of pyridine rings is 1. The molecular formula is C15H22N6. The predicted octanol–water partition coefficient (Wildman–Crippen LogP) is 1.34. The molecule has 0 saturated carbocycles. The summed E-state index contributed by atoms with van der Waals surface area (Å²) < 4.78 is 1.93. The monoisotopic (exact) mass is 286 g/mol. The molecule has 0 unspecified atom stereocenters. The number of rotatable bonds is 6. The molecule has 0 spiro atoms. The Kier molecular flexibility index (Phi) is 5.75. The van der Waals surface area contributed by atoms with Crippen LogP contribution in [0.4, 0.5) is 0 Å². The molecule has 6 nitrogen and oxygen atoms in total. The predicted molar refractivity (Wildman–Crippen MR) is 84.0 cm³/mol. The SMILES string of the molecule is CN=C(NCCCn1cccn1)NCc1cccc(C)n1. The van der Waals surface area contributed by atoms with E-state index in [-0.39, 0.29) is 0 Å². The standard InChI is InChI=1S/C15H22N6/c1-13-6-3-7-14(20-13)12-18-15(16-2)17-8-4-10-21-11-5-9-19-21/h3,5-7,9,11H,4,8,10,12H2,1-2H3,(H2,16,17,18). The van der Waals surface area contributed by atoms with Crippen molar-refractivity contribution in [2.45, 2.75) is 26.4 Å². The molecule has 0 aliphatic heterocycles. The van der Waals surface area contributed by atoms with Crippen molar-refractivity contribution in [1.82, 2.24) is 25.4 Å². The molecule has 2 rings (SSSR count). The van der Waals surface area contributed by atoms with Crippen molar-refractivity contribution >= 4 is 5.96 Å². The third-order valence-corrected chi connectivity index (χ3v) is 3.02. The first-order valence-electron chi connectivity index (χ1n) is 7.12. The van der Waals surface area contributed by atoms with Gasteiger partial charge in [0.05, 0.1) is 12.2 Å². The highest BCUT2D eigenvalue weighted by Crippen LogP contribution is 1.97. The van der Waals surface area contributed by atoms with Crippen molar-refractivity contribution in [3.63, 3.8) is 0 Å². The van der Waals surface area contributed by atoms with Crippen LogP contribution in [-0.4, -0.2) is 34.3 Å². The topological polar surface area (TPSA) is 67.1 Å². The zero-order valence-electron chi connectivity index (χ0n) is 12.6. The van der Waals surface area contributed by atoms with E-state index in [1.54, 1.807) is 13.2 Å². The minimum absolute atomic E-state index is 0.667. The second kappa shape index (κ2) is 8.04. The van der Waals surface area contributed by atoms with Crippen molar-refractivity contribution in [3.8, 4) is 0 Å². The van der Waals surface area contributed by atoms with Gasteiger partial charge in [-0.1, -0.05) is 6.07 Å². The van der Waals surface area contributed by atoms with Crippen LogP contribution in [0.1, 0.15) is 17.8 Å². The molecule has 0 amide bonds. The summed E-state index contributed by atoms with van der Waals surface area (Å²) >= 11 is 0. The van der Waals surface area contributed by atoms with E-state index in [1.165, 1.54) is 0 Å². The van der Waals surface area contributed by atoms with Crippen molar-refractivity contribution in [2.75, 3.05) is 13.6 Å². The Hall–Kier alpha value is -2.37. The Morgan fingerprint density at radius 3 is 2.90 bits per heavy atom. The lowest BCUT2D eigenvalue weighted by atomic mass is 10.3. The number of nitrogens with zero attached hydrogens (tertiary/aromatic N) is 4. The van der Waals surface area contributed by atoms with Gasteiger partial charge in [-0.2, -0.15) is 5.10 Å².